The Morgan fingerprint density at radius 2 is 2.18 bits per heavy atom. The van der Waals surface area contributed by atoms with Crippen LogP contribution < -0.4 is 10.1 Å². The summed E-state index contributed by atoms with van der Waals surface area (Å²) in [5.41, 5.74) is 0.665. The number of halogens is 1. The Bertz CT molecular complexity index is 533. The van der Waals surface area contributed by atoms with Crippen molar-refractivity contribution < 1.29 is 4.74 Å². The van der Waals surface area contributed by atoms with E-state index in [0.717, 1.165) is 0 Å². The van der Waals surface area contributed by atoms with E-state index in [4.69, 9.17) is 16.3 Å². The number of rotatable bonds is 3. The van der Waals surface area contributed by atoms with E-state index in [1.807, 2.05) is 6.92 Å². The Hall–Kier alpha value is -1.88. The fourth-order valence-corrected chi connectivity index (χ4v) is 1.50. The zero-order chi connectivity index (χ0) is 12.3. The van der Waals surface area contributed by atoms with Crippen LogP contribution in [-0.4, -0.2) is 22.1 Å². The molecule has 0 saturated heterocycles. The predicted molar refractivity (Wildman–Crippen MR) is 65.9 cm³/mol. The second-order valence-electron chi connectivity index (χ2n) is 3.32. The topological polar surface area (TPSA) is 59.9 Å². The van der Waals surface area contributed by atoms with E-state index in [-0.39, 0.29) is 0 Å². The molecule has 6 heteroatoms. The molecule has 0 aliphatic carbocycles. The summed E-state index contributed by atoms with van der Waals surface area (Å²) in [4.78, 5) is 12.3. The highest BCUT2D eigenvalue weighted by atomic mass is 35.5. The number of aryl methyl sites for hydroxylation is 1. The first-order chi connectivity index (χ1) is 8.19. The van der Waals surface area contributed by atoms with Crippen LogP contribution in [0.5, 0.6) is 5.88 Å². The highest BCUT2D eigenvalue weighted by molar-refractivity contribution is 6.30. The smallest absolute Gasteiger partial charge is 0.237 e. The molecule has 0 unspecified atom stereocenters. The highest BCUT2D eigenvalue weighted by Crippen LogP contribution is 2.27. The molecular weight excluding hydrogens is 240 g/mol. The van der Waals surface area contributed by atoms with Crippen LogP contribution in [0, 0.1) is 6.92 Å². The molecule has 0 atom stereocenters. The summed E-state index contributed by atoms with van der Waals surface area (Å²) in [5.74, 6) is 1.81. The molecule has 2 heterocycles. The van der Waals surface area contributed by atoms with Crippen molar-refractivity contribution in [2.45, 2.75) is 6.92 Å². The van der Waals surface area contributed by atoms with Gasteiger partial charge in [0.15, 0.2) is 0 Å². The highest BCUT2D eigenvalue weighted by Gasteiger charge is 2.06. The standard InChI is InChI=1S/C11H11ClN4O/c1-7-13-4-3-10(15-7)16-9-5-8(12)6-14-11(9)17-2/h3-6H,1-2H3,(H,13,15,16). The van der Waals surface area contributed by atoms with E-state index in [2.05, 4.69) is 20.3 Å². The van der Waals surface area contributed by atoms with Gasteiger partial charge in [-0.15, -0.1) is 0 Å². The molecule has 2 aromatic rings. The fourth-order valence-electron chi connectivity index (χ4n) is 1.34. The van der Waals surface area contributed by atoms with Crippen LogP contribution in [0.25, 0.3) is 0 Å². The zero-order valence-corrected chi connectivity index (χ0v) is 10.2. The van der Waals surface area contributed by atoms with Gasteiger partial charge in [0.05, 0.1) is 12.1 Å². The lowest BCUT2D eigenvalue weighted by Gasteiger charge is -2.09. The molecule has 0 amide bonds. The van der Waals surface area contributed by atoms with Crippen molar-refractivity contribution in [3.05, 3.63) is 35.4 Å². The molecule has 2 rings (SSSR count). The fraction of sp³-hybridized carbons (Fsp3) is 0.182. The Morgan fingerprint density at radius 3 is 2.88 bits per heavy atom. The molecule has 0 radical (unpaired) electrons. The first-order valence-corrected chi connectivity index (χ1v) is 5.33. The van der Waals surface area contributed by atoms with Crippen molar-refractivity contribution in [3.63, 3.8) is 0 Å². The average Bonchev–Trinajstić information content (AvgIpc) is 2.29. The van der Waals surface area contributed by atoms with E-state index in [1.54, 1.807) is 25.4 Å². The average molecular weight is 251 g/mol. The maximum absolute atomic E-state index is 5.88. The molecule has 0 aliphatic rings. The molecule has 2 aromatic heterocycles. The lowest BCUT2D eigenvalue weighted by Crippen LogP contribution is -1.99. The van der Waals surface area contributed by atoms with Gasteiger partial charge >= 0.3 is 0 Å². The maximum Gasteiger partial charge on any atom is 0.237 e. The zero-order valence-electron chi connectivity index (χ0n) is 9.44. The second-order valence-corrected chi connectivity index (χ2v) is 3.76. The Balaban J connectivity index is 2.32. The molecular formula is C11H11ClN4O. The predicted octanol–water partition coefficient (Wildman–Crippen LogP) is 2.59. The minimum absolute atomic E-state index is 0.464. The van der Waals surface area contributed by atoms with Gasteiger partial charge in [-0.2, -0.15) is 0 Å². The quantitative estimate of drug-likeness (QED) is 0.907. The largest absolute Gasteiger partial charge is 0.480 e. The van der Waals surface area contributed by atoms with Gasteiger partial charge < -0.3 is 10.1 Å². The summed E-state index contributed by atoms with van der Waals surface area (Å²) in [7, 11) is 1.55. The maximum atomic E-state index is 5.88. The molecule has 0 aliphatic heterocycles. The summed E-state index contributed by atoms with van der Waals surface area (Å²) in [5, 5.41) is 3.61. The third-order valence-corrected chi connectivity index (χ3v) is 2.26. The number of ether oxygens (including phenoxy) is 1. The number of methoxy groups -OCH3 is 1. The van der Waals surface area contributed by atoms with Crippen LogP contribution >= 0.6 is 11.6 Å². The first-order valence-electron chi connectivity index (χ1n) is 4.95. The van der Waals surface area contributed by atoms with Crippen molar-refractivity contribution >= 4 is 23.1 Å². The summed E-state index contributed by atoms with van der Waals surface area (Å²) in [6.45, 7) is 1.82. The number of anilines is 2. The number of nitrogens with zero attached hydrogens (tertiary/aromatic N) is 3. The molecule has 88 valence electrons. The second kappa shape index (κ2) is 4.97. The first kappa shape index (κ1) is 11.6. The SMILES string of the molecule is COc1ncc(Cl)cc1Nc1ccnc(C)n1. The normalized spacial score (nSPS) is 10.1. The van der Waals surface area contributed by atoms with Crippen LogP contribution in [0.2, 0.25) is 5.02 Å². The van der Waals surface area contributed by atoms with Gasteiger partial charge in [-0.05, 0) is 19.1 Å². The van der Waals surface area contributed by atoms with Gasteiger partial charge in [0.2, 0.25) is 5.88 Å². The Labute approximate surface area is 104 Å². The van der Waals surface area contributed by atoms with Gasteiger partial charge in [0.1, 0.15) is 17.3 Å². The third-order valence-electron chi connectivity index (χ3n) is 2.05. The van der Waals surface area contributed by atoms with Gasteiger partial charge in [0.25, 0.3) is 0 Å². The summed E-state index contributed by atoms with van der Waals surface area (Å²) >= 11 is 5.88. The van der Waals surface area contributed by atoms with E-state index in [1.165, 1.54) is 6.20 Å². The minimum atomic E-state index is 0.464. The monoisotopic (exact) mass is 250 g/mol. The molecule has 0 bridgehead atoms. The molecule has 0 saturated carbocycles. The van der Waals surface area contributed by atoms with E-state index in [9.17, 15) is 0 Å². The lowest BCUT2D eigenvalue weighted by atomic mass is 10.4. The Morgan fingerprint density at radius 1 is 1.35 bits per heavy atom. The number of pyridine rings is 1. The molecule has 0 spiro atoms. The van der Waals surface area contributed by atoms with Crippen LogP contribution in [0.1, 0.15) is 5.82 Å². The van der Waals surface area contributed by atoms with Gasteiger partial charge in [-0.25, -0.2) is 15.0 Å². The number of nitrogens with one attached hydrogen (secondary N) is 1. The number of hydrogen-bond donors (Lipinski definition) is 1. The van der Waals surface area contributed by atoms with Crippen LogP contribution in [0.15, 0.2) is 24.5 Å². The minimum Gasteiger partial charge on any atom is -0.480 e. The number of hydrogen-bond acceptors (Lipinski definition) is 5. The van der Waals surface area contributed by atoms with E-state index >= 15 is 0 Å². The van der Waals surface area contributed by atoms with Crippen molar-refractivity contribution in [2.75, 3.05) is 12.4 Å². The van der Waals surface area contributed by atoms with Crippen LogP contribution in [0.3, 0.4) is 0 Å². The number of aromatic nitrogens is 3. The van der Waals surface area contributed by atoms with Gasteiger partial charge in [0, 0.05) is 12.4 Å². The van der Waals surface area contributed by atoms with Crippen molar-refractivity contribution in [3.8, 4) is 5.88 Å². The van der Waals surface area contributed by atoms with E-state index < -0.39 is 0 Å². The Kier molecular flexibility index (Phi) is 3.39. The van der Waals surface area contributed by atoms with Gasteiger partial charge in [-0.3, -0.25) is 0 Å². The molecule has 5 nitrogen and oxygen atoms in total. The molecule has 0 fully saturated rings. The summed E-state index contributed by atoms with van der Waals surface area (Å²) in [6, 6.07) is 3.48. The lowest BCUT2D eigenvalue weighted by molar-refractivity contribution is 0.400. The summed E-state index contributed by atoms with van der Waals surface area (Å²) in [6.07, 6.45) is 3.20. The third kappa shape index (κ3) is 2.82. The molecule has 17 heavy (non-hydrogen) atoms. The molecule has 0 aromatic carbocycles. The van der Waals surface area contributed by atoms with Gasteiger partial charge in [-0.1, -0.05) is 11.6 Å². The van der Waals surface area contributed by atoms with Crippen molar-refractivity contribution in [1.82, 2.24) is 15.0 Å². The van der Waals surface area contributed by atoms with Crippen molar-refractivity contribution in [2.24, 2.45) is 0 Å². The van der Waals surface area contributed by atoms with Crippen LogP contribution in [-0.2, 0) is 0 Å². The van der Waals surface area contributed by atoms with Crippen LogP contribution in [0.4, 0.5) is 11.5 Å². The molecule has 1 N–H and O–H groups in total. The van der Waals surface area contributed by atoms with E-state index in [0.29, 0.717) is 28.2 Å². The van der Waals surface area contributed by atoms with Crippen molar-refractivity contribution in [1.29, 1.82) is 0 Å². The summed E-state index contributed by atoms with van der Waals surface area (Å²) < 4.78 is 5.13.